The number of alkyl halides is 2. The summed E-state index contributed by atoms with van der Waals surface area (Å²) in [6, 6.07) is 7.19. The summed E-state index contributed by atoms with van der Waals surface area (Å²) < 4.78 is 25.7. The van der Waals surface area contributed by atoms with Crippen LogP contribution < -0.4 is 0 Å². The zero-order valence-corrected chi connectivity index (χ0v) is 12.6. The van der Waals surface area contributed by atoms with E-state index in [1.807, 2.05) is 19.1 Å². The molecule has 0 aromatic heterocycles. The minimum Gasteiger partial charge on any atom is -0.303 e. The molecule has 2 rings (SSSR count). The van der Waals surface area contributed by atoms with Crippen LogP contribution in [-0.4, -0.2) is 11.9 Å². The second-order valence-electron chi connectivity index (χ2n) is 5.15. The lowest BCUT2D eigenvalue weighted by molar-refractivity contribution is -0.108. The highest BCUT2D eigenvalue weighted by molar-refractivity contribution is 7.18. The second-order valence-corrected chi connectivity index (χ2v) is 5.92. The van der Waals surface area contributed by atoms with Crippen LogP contribution in [0.5, 0.6) is 0 Å². The molecule has 19 heavy (non-hydrogen) atoms. The monoisotopic (exact) mass is 286 g/mol. The quantitative estimate of drug-likeness (QED) is 0.586. The maximum atomic E-state index is 12.9. The summed E-state index contributed by atoms with van der Waals surface area (Å²) in [5.41, 5.74) is -0.969. The summed E-state index contributed by atoms with van der Waals surface area (Å²) in [5.74, 6) is 0.0283. The van der Waals surface area contributed by atoms with E-state index in [1.54, 1.807) is 21.4 Å². The third-order valence-electron chi connectivity index (χ3n) is 3.28. The van der Waals surface area contributed by atoms with Crippen molar-refractivity contribution in [1.29, 1.82) is 0 Å². The van der Waals surface area contributed by atoms with Crippen molar-refractivity contribution in [2.45, 2.75) is 44.7 Å². The Hall–Kier alpha value is -0.820. The smallest absolute Gasteiger partial charge is 0.265 e. The summed E-state index contributed by atoms with van der Waals surface area (Å²) in [7, 11) is 1.58. The molecule has 1 nitrogen and oxygen atoms in total. The van der Waals surface area contributed by atoms with Gasteiger partial charge in [-0.05, 0) is 31.2 Å². The lowest BCUT2D eigenvalue weighted by Crippen LogP contribution is -2.15. The third kappa shape index (κ3) is 6.24. The van der Waals surface area contributed by atoms with Gasteiger partial charge in [0.1, 0.15) is 6.29 Å². The van der Waals surface area contributed by atoms with Gasteiger partial charge >= 0.3 is 0 Å². The van der Waals surface area contributed by atoms with Gasteiger partial charge in [0, 0.05) is 12.3 Å². The van der Waals surface area contributed by atoms with Crippen LogP contribution >= 0.6 is 9.24 Å². The van der Waals surface area contributed by atoms with Gasteiger partial charge in [-0.2, -0.15) is 0 Å². The molecule has 1 fully saturated rings. The molecule has 0 amide bonds. The van der Waals surface area contributed by atoms with Crippen LogP contribution in [0.3, 0.4) is 0 Å². The van der Waals surface area contributed by atoms with E-state index in [0.29, 0.717) is 5.56 Å². The molecule has 1 aromatic carbocycles. The predicted octanol–water partition coefficient (Wildman–Crippen LogP) is 4.55. The first-order valence-corrected chi connectivity index (χ1v) is 7.09. The van der Waals surface area contributed by atoms with Crippen LogP contribution in [0, 0.1) is 12.8 Å². The Labute approximate surface area is 116 Å². The van der Waals surface area contributed by atoms with Crippen LogP contribution in [-0.2, 0) is 4.79 Å². The SMILES string of the molecule is Cc1ccc(C(C)C(F)(F)P)cc1.O=CCC1CC1. The summed E-state index contributed by atoms with van der Waals surface area (Å²) in [6.07, 6.45) is 4.40. The van der Waals surface area contributed by atoms with Crippen LogP contribution in [0.4, 0.5) is 8.78 Å². The Morgan fingerprint density at radius 2 is 1.89 bits per heavy atom. The topological polar surface area (TPSA) is 17.1 Å². The predicted molar refractivity (Wildman–Crippen MR) is 77.7 cm³/mol. The molecule has 0 N–H and O–H groups in total. The molecule has 106 valence electrons. The molecule has 0 aliphatic heterocycles. The minimum absolute atomic E-state index is 0.672. The number of benzene rings is 1. The van der Waals surface area contributed by atoms with Gasteiger partial charge in [-0.15, -0.1) is 0 Å². The van der Waals surface area contributed by atoms with E-state index in [1.165, 1.54) is 19.8 Å². The first kappa shape index (κ1) is 16.2. The molecule has 0 heterocycles. The summed E-state index contributed by atoms with van der Waals surface area (Å²) in [5, 5.41) is 0. The van der Waals surface area contributed by atoms with E-state index >= 15 is 0 Å². The van der Waals surface area contributed by atoms with Gasteiger partial charge in [0.05, 0.1) is 0 Å². The Balaban J connectivity index is 0.000000250. The Morgan fingerprint density at radius 1 is 1.37 bits per heavy atom. The zero-order valence-electron chi connectivity index (χ0n) is 11.4. The van der Waals surface area contributed by atoms with Gasteiger partial charge < -0.3 is 4.79 Å². The number of aryl methyl sites for hydroxylation is 1. The minimum atomic E-state index is -2.73. The average Bonchev–Trinajstić information content (AvgIpc) is 3.13. The molecule has 0 saturated heterocycles. The molecule has 1 aromatic rings. The lowest BCUT2D eigenvalue weighted by atomic mass is 10.0. The van der Waals surface area contributed by atoms with Crippen LogP contribution in [0.25, 0.3) is 0 Å². The highest BCUT2D eigenvalue weighted by atomic mass is 31.0. The number of hydrogen-bond donors (Lipinski definition) is 0. The largest absolute Gasteiger partial charge is 0.303 e. The van der Waals surface area contributed by atoms with Crippen LogP contribution in [0.1, 0.15) is 43.2 Å². The van der Waals surface area contributed by atoms with E-state index < -0.39 is 11.6 Å². The molecule has 2 unspecified atom stereocenters. The van der Waals surface area contributed by atoms with Crippen molar-refractivity contribution in [2.24, 2.45) is 5.92 Å². The van der Waals surface area contributed by atoms with Gasteiger partial charge in [-0.1, -0.05) is 46.0 Å². The van der Waals surface area contributed by atoms with Gasteiger partial charge in [0.15, 0.2) is 0 Å². The number of rotatable bonds is 4. The normalized spacial score (nSPS) is 16.3. The number of carbonyl (C=O) groups excluding carboxylic acids is 1. The number of hydrogen-bond acceptors (Lipinski definition) is 1. The Bertz CT molecular complexity index is 394. The summed E-state index contributed by atoms with van der Waals surface area (Å²) >= 11 is 0. The second kappa shape index (κ2) is 7.09. The van der Waals surface area contributed by atoms with Crippen LogP contribution in [0.15, 0.2) is 24.3 Å². The number of carbonyl (C=O) groups is 1. The summed E-state index contributed by atoms with van der Waals surface area (Å²) in [6.45, 7) is 3.46. The Morgan fingerprint density at radius 3 is 2.21 bits per heavy atom. The standard InChI is InChI=1S/C10H13F2P.C5H8O/c1-7-3-5-9(6-4-7)8(2)10(11,12)13;6-4-3-5-1-2-5/h3-6,8H,13H2,1-2H3;4-5H,1-3H2. The van der Waals surface area contributed by atoms with E-state index in [0.717, 1.165) is 24.2 Å². The molecule has 0 spiro atoms. The first-order valence-electron chi connectivity index (χ1n) is 6.51. The summed E-state index contributed by atoms with van der Waals surface area (Å²) in [4.78, 5) is 9.66. The highest BCUT2D eigenvalue weighted by Crippen LogP contribution is 2.38. The molecular formula is C15H21F2OP. The van der Waals surface area contributed by atoms with Gasteiger partial charge in [-0.25, -0.2) is 8.78 Å². The lowest BCUT2D eigenvalue weighted by Gasteiger charge is -2.19. The molecule has 4 heteroatoms. The fourth-order valence-electron chi connectivity index (χ4n) is 1.57. The van der Waals surface area contributed by atoms with E-state index in [4.69, 9.17) is 0 Å². The van der Waals surface area contributed by atoms with Crippen LogP contribution in [0.2, 0.25) is 0 Å². The van der Waals surface area contributed by atoms with Crippen molar-refractivity contribution < 1.29 is 13.6 Å². The van der Waals surface area contributed by atoms with Crippen molar-refractivity contribution in [3.63, 3.8) is 0 Å². The van der Waals surface area contributed by atoms with Crippen molar-refractivity contribution in [3.8, 4) is 0 Å². The molecule has 1 aliphatic rings. The molecular weight excluding hydrogens is 265 g/mol. The maximum Gasteiger partial charge on any atom is 0.265 e. The van der Waals surface area contributed by atoms with E-state index in [2.05, 4.69) is 0 Å². The fraction of sp³-hybridized carbons (Fsp3) is 0.533. The Kier molecular flexibility index (Phi) is 6.06. The third-order valence-corrected chi connectivity index (χ3v) is 3.78. The van der Waals surface area contributed by atoms with Gasteiger partial charge in [0.2, 0.25) is 0 Å². The highest BCUT2D eigenvalue weighted by Gasteiger charge is 2.31. The molecule has 0 bridgehead atoms. The maximum absolute atomic E-state index is 12.9. The number of aldehydes is 1. The van der Waals surface area contributed by atoms with Gasteiger partial charge in [0.25, 0.3) is 5.66 Å². The molecule has 2 atom stereocenters. The zero-order chi connectivity index (χ0) is 14.5. The average molecular weight is 286 g/mol. The number of halogens is 2. The van der Waals surface area contributed by atoms with Crippen molar-refractivity contribution in [1.82, 2.24) is 0 Å². The fourth-order valence-corrected chi connectivity index (χ4v) is 1.76. The molecule has 0 radical (unpaired) electrons. The van der Waals surface area contributed by atoms with Crippen molar-refractivity contribution >= 4 is 15.5 Å². The van der Waals surface area contributed by atoms with Gasteiger partial charge in [-0.3, -0.25) is 0 Å². The van der Waals surface area contributed by atoms with Crippen molar-refractivity contribution in [3.05, 3.63) is 35.4 Å². The molecule has 1 aliphatic carbocycles. The van der Waals surface area contributed by atoms with E-state index in [9.17, 15) is 13.6 Å². The molecule has 1 saturated carbocycles. The van der Waals surface area contributed by atoms with E-state index in [-0.39, 0.29) is 0 Å². The van der Waals surface area contributed by atoms with Crippen molar-refractivity contribution in [2.75, 3.05) is 0 Å². The first-order chi connectivity index (χ1) is 8.84.